The van der Waals surface area contributed by atoms with Gasteiger partial charge in [0.15, 0.2) is 0 Å². The first-order chi connectivity index (χ1) is 23.3. The van der Waals surface area contributed by atoms with Crippen molar-refractivity contribution < 1.29 is 4.42 Å². The van der Waals surface area contributed by atoms with Crippen LogP contribution in [0.4, 0.5) is 0 Å². The van der Waals surface area contributed by atoms with Crippen LogP contribution < -0.4 is 0 Å². The van der Waals surface area contributed by atoms with Crippen LogP contribution in [0.3, 0.4) is 0 Å². The minimum absolute atomic E-state index is 0.949. The number of thiophene rings is 2. The molecule has 3 heteroatoms. The van der Waals surface area contributed by atoms with Gasteiger partial charge >= 0.3 is 0 Å². The molecular formula is C44H24OS2. The Balaban J connectivity index is 1.28. The Morgan fingerprint density at radius 1 is 0.298 bits per heavy atom. The average Bonchev–Trinajstić information content (AvgIpc) is 3.82. The van der Waals surface area contributed by atoms with Crippen molar-refractivity contribution in [1.82, 2.24) is 0 Å². The van der Waals surface area contributed by atoms with Crippen LogP contribution in [0.5, 0.6) is 0 Å². The van der Waals surface area contributed by atoms with Crippen LogP contribution in [0.25, 0.3) is 106 Å². The maximum atomic E-state index is 6.94. The summed E-state index contributed by atoms with van der Waals surface area (Å²) >= 11 is 3.77. The summed E-state index contributed by atoms with van der Waals surface area (Å²) in [5, 5.41) is 12.3. The van der Waals surface area contributed by atoms with Crippen molar-refractivity contribution in [2.24, 2.45) is 0 Å². The second kappa shape index (κ2) is 9.52. The van der Waals surface area contributed by atoms with E-state index in [-0.39, 0.29) is 0 Å². The first-order valence-corrected chi connectivity index (χ1v) is 17.6. The van der Waals surface area contributed by atoms with Gasteiger partial charge in [0.05, 0.1) is 0 Å². The van der Waals surface area contributed by atoms with E-state index in [1.165, 1.54) is 73.4 Å². The molecule has 0 atom stereocenters. The van der Waals surface area contributed by atoms with Crippen LogP contribution in [-0.2, 0) is 0 Å². The number of fused-ring (bicyclic) bond motifs is 13. The number of hydrogen-bond acceptors (Lipinski definition) is 3. The minimum Gasteiger partial charge on any atom is -0.455 e. The first kappa shape index (κ1) is 25.7. The van der Waals surface area contributed by atoms with Crippen molar-refractivity contribution in [1.29, 1.82) is 0 Å². The normalized spacial score (nSPS) is 12.3. The highest BCUT2D eigenvalue weighted by molar-refractivity contribution is 7.26. The molecule has 11 aromatic rings. The van der Waals surface area contributed by atoms with Crippen molar-refractivity contribution in [2.75, 3.05) is 0 Å². The Labute approximate surface area is 277 Å². The average molecular weight is 633 g/mol. The third-order valence-electron chi connectivity index (χ3n) is 9.87. The van der Waals surface area contributed by atoms with Crippen LogP contribution >= 0.6 is 22.7 Å². The zero-order chi connectivity index (χ0) is 30.6. The van der Waals surface area contributed by atoms with Gasteiger partial charge < -0.3 is 4.42 Å². The molecule has 218 valence electrons. The summed E-state index contributed by atoms with van der Waals surface area (Å²) in [6.07, 6.45) is 0. The highest BCUT2D eigenvalue weighted by atomic mass is 32.1. The third kappa shape index (κ3) is 3.53. The van der Waals surface area contributed by atoms with Gasteiger partial charge in [-0.1, -0.05) is 121 Å². The van der Waals surface area contributed by atoms with Gasteiger partial charge in [-0.25, -0.2) is 0 Å². The fraction of sp³-hybridized carbons (Fsp3) is 0. The lowest BCUT2D eigenvalue weighted by Gasteiger charge is -2.10. The van der Waals surface area contributed by atoms with Crippen molar-refractivity contribution >= 4 is 107 Å². The van der Waals surface area contributed by atoms with E-state index in [9.17, 15) is 0 Å². The Hall–Kier alpha value is -5.48. The topological polar surface area (TPSA) is 13.1 Å². The highest BCUT2D eigenvalue weighted by Crippen LogP contribution is 2.48. The summed E-state index contributed by atoms with van der Waals surface area (Å²) in [5.41, 5.74) is 6.93. The van der Waals surface area contributed by atoms with Gasteiger partial charge in [0.2, 0.25) is 0 Å². The van der Waals surface area contributed by atoms with Gasteiger partial charge in [-0.3, -0.25) is 0 Å². The Morgan fingerprint density at radius 2 is 0.681 bits per heavy atom. The number of benzene rings is 8. The monoisotopic (exact) mass is 632 g/mol. The fourth-order valence-electron chi connectivity index (χ4n) is 7.78. The summed E-state index contributed by atoms with van der Waals surface area (Å²) in [6.45, 7) is 0. The summed E-state index contributed by atoms with van der Waals surface area (Å²) in [7, 11) is 0. The molecule has 0 aliphatic carbocycles. The third-order valence-corrected chi connectivity index (χ3v) is 12.3. The minimum atomic E-state index is 0.949. The summed E-state index contributed by atoms with van der Waals surface area (Å²) in [5.74, 6) is 0. The van der Waals surface area contributed by atoms with Gasteiger partial charge in [-0.15, -0.1) is 22.7 Å². The van der Waals surface area contributed by atoms with Gasteiger partial charge in [0, 0.05) is 73.0 Å². The van der Waals surface area contributed by atoms with Crippen LogP contribution in [0, 0.1) is 0 Å². The quantitative estimate of drug-likeness (QED) is 0.185. The zero-order valence-electron chi connectivity index (χ0n) is 25.1. The van der Waals surface area contributed by atoms with E-state index in [1.54, 1.807) is 0 Å². The highest BCUT2D eigenvalue weighted by Gasteiger charge is 2.21. The molecule has 8 aromatic carbocycles. The first-order valence-electron chi connectivity index (χ1n) is 15.9. The Morgan fingerprint density at radius 3 is 1.15 bits per heavy atom. The molecular weight excluding hydrogens is 609 g/mol. The molecule has 0 aliphatic rings. The molecule has 0 radical (unpaired) electrons. The molecule has 0 aliphatic heterocycles. The second-order valence-corrected chi connectivity index (χ2v) is 14.5. The molecule has 11 rings (SSSR count). The van der Waals surface area contributed by atoms with E-state index in [0.29, 0.717) is 0 Å². The lowest BCUT2D eigenvalue weighted by molar-refractivity contribution is 0.676. The molecule has 0 fully saturated rings. The van der Waals surface area contributed by atoms with Crippen LogP contribution in [-0.4, -0.2) is 0 Å². The Bertz CT molecular complexity index is 2870. The molecule has 47 heavy (non-hydrogen) atoms. The molecule has 0 spiro atoms. The van der Waals surface area contributed by atoms with E-state index in [4.69, 9.17) is 4.42 Å². The molecule has 0 amide bonds. The van der Waals surface area contributed by atoms with E-state index < -0.39 is 0 Å². The largest absolute Gasteiger partial charge is 0.455 e. The molecule has 0 unspecified atom stereocenters. The van der Waals surface area contributed by atoms with Crippen molar-refractivity contribution in [3.8, 4) is 22.3 Å². The van der Waals surface area contributed by atoms with E-state index >= 15 is 0 Å². The molecule has 1 nitrogen and oxygen atoms in total. The molecule has 0 saturated carbocycles. The van der Waals surface area contributed by atoms with Crippen molar-refractivity contribution in [3.63, 3.8) is 0 Å². The lowest BCUT2D eigenvalue weighted by Crippen LogP contribution is -1.85. The van der Waals surface area contributed by atoms with Gasteiger partial charge in [0.1, 0.15) is 11.2 Å². The van der Waals surface area contributed by atoms with Crippen LogP contribution in [0.2, 0.25) is 0 Å². The molecule has 0 N–H and O–H groups in total. The summed E-state index contributed by atoms with van der Waals surface area (Å²) in [4.78, 5) is 0. The summed E-state index contributed by atoms with van der Waals surface area (Å²) < 4.78 is 12.2. The molecule has 0 saturated heterocycles. The molecule has 3 heterocycles. The maximum Gasteiger partial charge on any atom is 0.143 e. The zero-order valence-corrected chi connectivity index (χ0v) is 26.7. The predicted molar refractivity (Wildman–Crippen MR) is 205 cm³/mol. The SMILES string of the molecule is c1ccc2c(c1)sc1c(-c3cc4c5cc(-c6cccc7c6sc6ccccc67)c6ccccc6c5oc4c4ccccc34)cccc12. The van der Waals surface area contributed by atoms with E-state index in [2.05, 4.69) is 146 Å². The molecule has 3 aromatic heterocycles. The second-order valence-electron chi connectivity index (χ2n) is 12.4. The standard InChI is InChI=1S/C44H24OS2/c1-3-15-29-25(11-1)35(33-19-9-17-31-27-13-5-7-21-39(27)46-43(31)33)23-37-38-24-36(26-12-2-4-16-30(26)42(38)45-41(29)37)34-20-10-18-32-28-14-6-8-22-40(28)47-44(32)34/h1-24H. The predicted octanol–water partition coefficient (Wildman–Crippen LogP) is 14.0. The maximum absolute atomic E-state index is 6.94. The Kier molecular flexibility index (Phi) is 5.20. The van der Waals surface area contributed by atoms with Gasteiger partial charge in [-0.2, -0.15) is 0 Å². The van der Waals surface area contributed by atoms with Crippen LogP contribution in [0.15, 0.2) is 150 Å². The van der Waals surface area contributed by atoms with E-state index in [1.807, 2.05) is 22.7 Å². The van der Waals surface area contributed by atoms with Gasteiger partial charge in [-0.05, 0) is 46.2 Å². The van der Waals surface area contributed by atoms with Crippen LogP contribution in [0.1, 0.15) is 0 Å². The summed E-state index contributed by atoms with van der Waals surface area (Å²) in [6, 6.07) is 53.3. The van der Waals surface area contributed by atoms with E-state index in [0.717, 1.165) is 32.7 Å². The van der Waals surface area contributed by atoms with Crippen molar-refractivity contribution in [2.45, 2.75) is 0 Å². The number of rotatable bonds is 2. The molecule has 0 bridgehead atoms. The lowest BCUT2D eigenvalue weighted by atomic mass is 9.92. The number of furan rings is 1. The smallest absolute Gasteiger partial charge is 0.143 e. The number of hydrogen-bond donors (Lipinski definition) is 0. The van der Waals surface area contributed by atoms with Crippen molar-refractivity contribution in [3.05, 3.63) is 146 Å². The fourth-order valence-corrected chi connectivity index (χ4v) is 10.2. The van der Waals surface area contributed by atoms with Gasteiger partial charge in [0.25, 0.3) is 0 Å².